The van der Waals surface area contributed by atoms with E-state index in [4.69, 9.17) is 0 Å². The zero-order valence-electron chi connectivity index (χ0n) is 12.7. The van der Waals surface area contributed by atoms with Gasteiger partial charge in [0.25, 0.3) is 0 Å². The number of piperazine rings is 1. The van der Waals surface area contributed by atoms with Crippen molar-refractivity contribution in [3.63, 3.8) is 0 Å². The van der Waals surface area contributed by atoms with Crippen molar-refractivity contribution in [1.29, 1.82) is 0 Å². The van der Waals surface area contributed by atoms with E-state index in [2.05, 4.69) is 15.5 Å². The van der Waals surface area contributed by atoms with E-state index in [0.717, 1.165) is 25.9 Å². The molecule has 1 aliphatic heterocycles. The molecule has 1 saturated heterocycles. The summed E-state index contributed by atoms with van der Waals surface area (Å²) >= 11 is 0. The SMILES string of the molecule is CC(C)(C)NC(=O)N1CCN(CC(=O)NC2CC2)CC1. The quantitative estimate of drug-likeness (QED) is 0.787. The maximum Gasteiger partial charge on any atom is 0.317 e. The lowest BCUT2D eigenvalue weighted by atomic mass is 10.1. The number of carbonyl (C=O) groups excluding carboxylic acids is 2. The minimum absolute atomic E-state index is 0.0143. The van der Waals surface area contributed by atoms with Crippen molar-refractivity contribution in [2.45, 2.75) is 45.2 Å². The first kappa shape index (κ1) is 15.1. The summed E-state index contributed by atoms with van der Waals surface area (Å²) in [5.41, 5.74) is -0.210. The van der Waals surface area contributed by atoms with Gasteiger partial charge in [-0.1, -0.05) is 0 Å². The number of nitrogens with one attached hydrogen (secondary N) is 2. The molecule has 6 heteroatoms. The normalized spacial score (nSPS) is 20.6. The Kier molecular flexibility index (Phi) is 4.52. The molecule has 2 rings (SSSR count). The van der Waals surface area contributed by atoms with Gasteiger partial charge < -0.3 is 15.5 Å². The fraction of sp³-hybridized carbons (Fsp3) is 0.857. The van der Waals surface area contributed by atoms with Gasteiger partial charge in [0.15, 0.2) is 0 Å². The van der Waals surface area contributed by atoms with Crippen LogP contribution >= 0.6 is 0 Å². The van der Waals surface area contributed by atoms with Crippen LogP contribution in [-0.2, 0) is 4.79 Å². The van der Waals surface area contributed by atoms with Gasteiger partial charge in [-0.3, -0.25) is 9.69 Å². The van der Waals surface area contributed by atoms with E-state index in [-0.39, 0.29) is 17.5 Å². The van der Waals surface area contributed by atoms with Crippen LogP contribution in [0.5, 0.6) is 0 Å². The van der Waals surface area contributed by atoms with E-state index in [1.165, 1.54) is 0 Å². The maximum absolute atomic E-state index is 12.0. The van der Waals surface area contributed by atoms with E-state index < -0.39 is 0 Å². The molecule has 1 aliphatic carbocycles. The molecule has 0 spiro atoms. The predicted molar refractivity (Wildman–Crippen MR) is 77.5 cm³/mol. The fourth-order valence-electron chi connectivity index (χ4n) is 2.21. The molecule has 0 radical (unpaired) electrons. The Balaban J connectivity index is 1.68. The standard InChI is InChI=1S/C14H26N4O2/c1-14(2,3)16-13(20)18-8-6-17(7-9-18)10-12(19)15-11-4-5-11/h11H,4-10H2,1-3H3,(H,15,19)(H,16,20). The van der Waals surface area contributed by atoms with E-state index in [9.17, 15) is 9.59 Å². The van der Waals surface area contributed by atoms with E-state index in [1.807, 2.05) is 25.7 Å². The van der Waals surface area contributed by atoms with Crippen LogP contribution in [0.25, 0.3) is 0 Å². The summed E-state index contributed by atoms with van der Waals surface area (Å²) in [7, 11) is 0. The zero-order valence-corrected chi connectivity index (χ0v) is 12.7. The smallest absolute Gasteiger partial charge is 0.317 e. The first-order chi connectivity index (χ1) is 9.33. The lowest BCUT2D eigenvalue weighted by Gasteiger charge is -2.36. The molecule has 20 heavy (non-hydrogen) atoms. The lowest BCUT2D eigenvalue weighted by Crippen LogP contribution is -2.56. The number of carbonyl (C=O) groups is 2. The highest BCUT2D eigenvalue weighted by molar-refractivity contribution is 5.78. The van der Waals surface area contributed by atoms with E-state index in [0.29, 0.717) is 25.7 Å². The number of hydrogen-bond acceptors (Lipinski definition) is 3. The van der Waals surface area contributed by atoms with Gasteiger partial charge in [0.2, 0.25) is 5.91 Å². The van der Waals surface area contributed by atoms with Gasteiger partial charge in [0.1, 0.15) is 0 Å². The highest BCUT2D eigenvalue weighted by atomic mass is 16.2. The molecule has 3 amide bonds. The average Bonchev–Trinajstić information content (AvgIpc) is 3.11. The molecule has 0 unspecified atom stereocenters. The summed E-state index contributed by atoms with van der Waals surface area (Å²) in [5, 5.41) is 5.96. The maximum atomic E-state index is 12.0. The van der Waals surface area contributed by atoms with Crippen molar-refractivity contribution in [2.24, 2.45) is 0 Å². The van der Waals surface area contributed by atoms with Gasteiger partial charge in [0, 0.05) is 37.8 Å². The molecule has 2 aliphatic rings. The Morgan fingerprint density at radius 2 is 1.70 bits per heavy atom. The Morgan fingerprint density at radius 3 is 2.20 bits per heavy atom. The van der Waals surface area contributed by atoms with Crippen LogP contribution < -0.4 is 10.6 Å². The summed E-state index contributed by atoms with van der Waals surface area (Å²) < 4.78 is 0. The second-order valence-corrected chi connectivity index (χ2v) is 6.79. The lowest BCUT2D eigenvalue weighted by molar-refractivity contribution is -0.122. The molecule has 0 aromatic rings. The van der Waals surface area contributed by atoms with Gasteiger partial charge in [-0.05, 0) is 33.6 Å². The minimum atomic E-state index is -0.210. The molecule has 1 saturated carbocycles. The van der Waals surface area contributed by atoms with Gasteiger partial charge in [-0.15, -0.1) is 0 Å². The van der Waals surface area contributed by atoms with Crippen molar-refractivity contribution in [3.8, 4) is 0 Å². The van der Waals surface area contributed by atoms with Crippen LogP contribution in [0.3, 0.4) is 0 Å². The van der Waals surface area contributed by atoms with E-state index in [1.54, 1.807) is 0 Å². The Labute approximate surface area is 120 Å². The molecular weight excluding hydrogens is 256 g/mol. The number of hydrogen-bond donors (Lipinski definition) is 2. The minimum Gasteiger partial charge on any atom is -0.352 e. The van der Waals surface area contributed by atoms with Crippen LogP contribution in [0.4, 0.5) is 4.79 Å². The summed E-state index contributed by atoms with van der Waals surface area (Å²) in [6.45, 7) is 9.25. The highest BCUT2D eigenvalue weighted by Crippen LogP contribution is 2.18. The molecule has 2 fully saturated rings. The number of amides is 3. The van der Waals surface area contributed by atoms with Crippen LogP contribution in [0.15, 0.2) is 0 Å². The van der Waals surface area contributed by atoms with Crippen molar-refractivity contribution >= 4 is 11.9 Å². The molecule has 1 heterocycles. The average molecular weight is 282 g/mol. The van der Waals surface area contributed by atoms with Gasteiger partial charge in [-0.25, -0.2) is 4.79 Å². The molecule has 6 nitrogen and oxygen atoms in total. The van der Waals surface area contributed by atoms with Crippen LogP contribution in [0, 0.1) is 0 Å². The second-order valence-electron chi connectivity index (χ2n) is 6.79. The first-order valence-corrected chi connectivity index (χ1v) is 7.42. The first-order valence-electron chi connectivity index (χ1n) is 7.42. The monoisotopic (exact) mass is 282 g/mol. The van der Waals surface area contributed by atoms with Crippen molar-refractivity contribution in [1.82, 2.24) is 20.4 Å². The number of rotatable bonds is 3. The Morgan fingerprint density at radius 1 is 1.10 bits per heavy atom. The summed E-state index contributed by atoms with van der Waals surface area (Å²) in [6, 6.07) is 0.404. The van der Waals surface area contributed by atoms with Crippen LogP contribution in [0.2, 0.25) is 0 Å². The topological polar surface area (TPSA) is 64.7 Å². The zero-order chi connectivity index (χ0) is 14.8. The predicted octanol–water partition coefficient (Wildman–Crippen LogP) is 0.391. The molecule has 0 aromatic heterocycles. The third-order valence-electron chi connectivity index (χ3n) is 3.45. The number of nitrogens with zero attached hydrogens (tertiary/aromatic N) is 2. The van der Waals surface area contributed by atoms with Crippen LogP contribution in [0.1, 0.15) is 33.6 Å². The highest BCUT2D eigenvalue weighted by Gasteiger charge is 2.27. The second kappa shape index (κ2) is 5.99. The van der Waals surface area contributed by atoms with Crippen LogP contribution in [-0.4, -0.2) is 66.0 Å². The van der Waals surface area contributed by atoms with E-state index >= 15 is 0 Å². The van der Waals surface area contributed by atoms with Crippen molar-refractivity contribution in [3.05, 3.63) is 0 Å². The fourth-order valence-corrected chi connectivity index (χ4v) is 2.21. The third-order valence-corrected chi connectivity index (χ3v) is 3.45. The molecule has 0 atom stereocenters. The summed E-state index contributed by atoms with van der Waals surface area (Å²) in [5.74, 6) is 0.111. The molecule has 0 bridgehead atoms. The van der Waals surface area contributed by atoms with Gasteiger partial charge in [0.05, 0.1) is 6.54 Å². The Hall–Kier alpha value is -1.30. The Bertz CT molecular complexity index is 366. The number of urea groups is 1. The van der Waals surface area contributed by atoms with Gasteiger partial charge in [-0.2, -0.15) is 0 Å². The molecule has 0 aromatic carbocycles. The largest absolute Gasteiger partial charge is 0.352 e. The molecule has 114 valence electrons. The third kappa shape index (κ3) is 5.00. The summed E-state index contributed by atoms with van der Waals surface area (Å²) in [4.78, 5) is 27.7. The van der Waals surface area contributed by atoms with Crippen molar-refractivity contribution in [2.75, 3.05) is 32.7 Å². The van der Waals surface area contributed by atoms with Crippen molar-refractivity contribution < 1.29 is 9.59 Å². The molecule has 2 N–H and O–H groups in total. The summed E-state index contributed by atoms with van der Waals surface area (Å²) in [6.07, 6.45) is 2.24. The van der Waals surface area contributed by atoms with Gasteiger partial charge >= 0.3 is 6.03 Å². The molecular formula is C14H26N4O2.